The smallest absolute Gasteiger partial charge is 0.417 e. The first-order valence-electron chi connectivity index (χ1n) is 3.11. The third-order valence-corrected chi connectivity index (χ3v) is 1.11. The third kappa shape index (κ3) is 1.26. The van der Waals surface area contributed by atoms with Crippen molar-refractivity contribution >= 4 is 0 Å². The minimum absolute atomic E-state index is 0.226. The second kappa shape index (κ2) is 2.68. The molecule has 4 nitrogen and oxygen atoms in total. The standard InChI is InChI=1S/C6H10N2O2/c1-4(2)5-7-6(9-3)10-8-5/h4H,1-3H3. The van der Waals surface area contributed by atoms with Crippen LogP contribution in [0.15, 0.2) is 4.52 Å². The number of hydrogen-bond donors (Lipinski definition) is 0. The van der Waals surface area contributed by atoms with E-state index >= 15 is 0 Å². The van der Waals surface area contributed by atoms with E-state index in [-0.39, 0.29) is 12.0 Å². The number of rotatable bonds is 2. The van der Waals surface area contributed by atoms with Crippen LogP contribution >= 0.6 is 0 Å². The van der Waals surface area contributed by atoms with E-state index < -0.39 is 0 Å². The summed E-state index contributed by atoms with van der Waals surface area (Å²) in [5, 5.41) is 3.68. The normalized spacial score (nSPS) is 10.4. The molecule has 4 heteroatoms. The molecule has 0 aromatic carbocycles. The van der Waals surface area contributed by atoms with Gasteiger partial charge in [0, 0.05) is 5.92 Å². The second-order valence-corrected chi connectivity index (χ2v) is 2.28. The fraction of sp³-hybridized carbons (Fsp3) is 0.667. The zero-order valence-corrected chi connectivity index (χ0v) is 6.29. The minimum Gasteiger partial charge on any atom is -0.452 e. The lowest BCUT2D eigenvalue weighted by Gasteiger charge is -1.91. The van der Waals surface area contributed by atoms with Gasteiger partial charge >= 0.3 is 6.08 Å². The molecule has 0 spiro atoms. The van der Waals surface area contributed by atoms with E-state index in [9.17, 15) is 0 Å². The minimum atomic E-state index is 0.226. The predicted octanol–water partition coefficient (Wildman–Crippen LogP) is 1.20. The van der Waals surface area contributed by atoms with Gasteiger partial charge in [0.25, 0.3) is 0 Å². The van der Waals surface area contributed by atoms with Crippen molar-refractivity contribution in [1.82, 2.24) is 10.1 Å². The molecule has 0 amide bonds. The van der Waals surface area contributed by atoms with Gasteiger partial charge in [-0.25, -0.2) is 0 Å². The maximum absolute atomic E-state index is 4.70. The Balaban J connectivity index is 2.78. The first-order valence-corrected chi connectivity index (χ1v) is 3.11. The fourth-order valence-corrected chi connectivity index (χ4v) is 0.538. The van der Waals surface area contributed by atoms with Gasteiger partial charge in [-0.3, -0.25) is 4.52 Å². The molecule has 0 aliphatic rings. The van der Waals surface area contributed by atoms with Crippen LogP contribution in [0.4, 0.5) is 0 Å². The maximum atomic E-state index is 4.70. The van der Waals surface area contributed by atoms with Gasteiger partial charge in [0.15, 0.2) is 5.82 Å². The molecule has 0 aliphatic carbocycles. The highest BCUT2D eigenvalue weighted by atomic mass is 16.6. The van der Waals surface area contributed by atoms with Crippen molar-refractivity contribution in [3.8, 4) is 6.08 Å². The maximum Gasteiger partial charge on any atom is 0.417 e. The molecule has 0 aliphatic heterocycles. The molecule has 0 unspecified atom stereocenters. The predicted molar refractivity (Wildman–Crippen MR) is 34.9 cm³/mol. The molecular formula is C6H10N2O2. The van der Waals surface area contributed by atoms with Crippen molar-refractivity contribution < 1.29 is 9.26 Å². The van der Waals surface area contributed by atoms with Crippen LogP contribution in [0.5, 0.6) is 6.08 Å². The molecule has 0 fully saturated rings. The van der Waals surface area contributed by atoms with Crippen LogP contribution in [0.1, 0.15) is 25.6 Å². The summed E-state index contributed by atoms with van der Waals surface area (Å²) < 4.78 is 9.40. The van der Waals surface area contributed by atoms with Crippen molar-refractivity contribution in [3.05, 3.63) is 5.82 Å². The first kappa shape index (κ1) is 7.05. The topological polar surface area (TPSA) is 48.2 Å². The molecule has 56 valence electrons. The van der Waals surface area contributed by atoms with Crippen LogP contribution in [-0.4, -0.2) is 17.3 Å². The summed E-state index contributed by atoms with van der Waals surface area (Å²) in [6.45, 7) is 3.98. The summed E-state index contributed by atoms with van der Waals surface area (Å²) in [4.78, 5) is 3.93. The molecule has 0 atom stereocenters. The Hall–Kier alpha value is -1.06. The lowest BCUT2D eigenvalue weighted by molar-refractivity contribution is 0.249. The summed E-state index contributed by atoms with van der Waals surface area (Å²) in [5.74, 6) is 0.962. The van der Waals surface area contributed by atoms with Gasteiger partial charge in [-0.1, -0.05) is 19.0 Å². The van der Waals surface area contributed by atoms with Gasteiger partial charge in [0.05, 0.1) is 7.11 Å². The van der Waals surface area contributed by atoms with E-state index in [1.54, 1.807) is 0 Å². The van der Waals surface area contributed by atoms with Gasteiger partial charge in [-0.15, -0.1) is 0 Å². The molecule has 0 saturated heterocycles. The van der Waals surface area contributed by atoms with Crippen molar-refractivity contribution in [2.24, 2.45) is 0 Å². The first-order chi connectivity index (χ1) is 4.74. The summed E-state index contributed by atoms with van der Waals surface area (Å²) in [7, 11) is 1.50. The highest BCUT2D eigenvalue weighted by Crippen LogP contribution is 2.12. The highest BCUT2D eigenvalue weighted by Gasteiger charge is 2.08. The number of aromatic nitrogens is 2. The van der Waals surface area contributed by atoms with Crippen LogP contribution in [0.3, 0.4) is 0 Å². The number of nitrogens with zero attached hydrogens (tertiary/aromatic N) is 2. The Labute approximate surface area is 59.2 Å². The van der Waals surface area contributed by atoms with Crippen LogP contribution in [0.2, 0.25) is 0 Å². The Kier molecular flexibility index (Phi) is 1.89. The van der Waals surface area contributed by atoms with Gasteiger partial charge in [0.2, 0.25) is 0 Å². The van der Waals surface area contributed by atoms with Crippen molar-refractivity contribution in [1.29, 1.82) is 0 Å². The largest absolute Gasteiger partial charge is 0.452 e. The van der Waals surface area contributed by atoms with Gasteiger partial charge in [-0.2, -0.15) is 4.98 Å². The van der Waals surface area contributed by atoms with Crippen LogP contribution in [-0.2, 0) is 0 Å². The van der Waals surface area contributed by atoms with Gasteiger partial charge < -0.3 is 4.74 Å². The van der Waals surface area contributed by atoms with E-state index in [2.05, 4.69) is 10.1 Å². The zero-order valence-electron chi connectivity index (χ0n) is 6.29. The zero-order chi connectivity index (χ0) is 7.56. The number of methoxy groups -OCH3 is 1. The van der Waals surface area contributed by atoms with Crippen molar-refractivity contribution in [2.45, 2.75) is 19.8 Å². The van der Waals surface area contributed by atoms with E-state index in [1.165, 1.54) is 7.11 Å². The highest BCUT2D eigenvalue weighted by molar-refractivity contribution is 4.93. The SMILES string of the molecule is COc1nc(C(C)C)no1. The quantitative estimate of drug-likeness (QED) is 0.622. The lowest BCUT2D eigenvalue weighted by Crippen LogP contribution is -1.89. The average molecular weight is 142 g/mol. The molecule has 0 bridgehead atoms. The molecule has 0 saturated carbocycles. The lowest BCUT2D eigenvalue weighted by atomic mass is 10.2. The Bertz CT molecular complexity index is 207. The van der Waals surface area contributed by atoms with E-state index in [0.717, 1.165) is 0 Å². The van der Waals surface area contributed by atoms with Crippen molar-refractivity contribution in [3.63, 3.8) is 0 Å². The summed E-state index contributed by atoms with van der Waals surface area (Å²) in [6.07, 6.45) is 0.226. The van der Waals surface area contributed by atoms with Crippen LogP contribution < -0.4 is 4.74 Å². The average Bonchev–Trinajstić information content (AvgIpc) is 2.34. The number of ether oxygens (including phenoxy) is 1. The Morgan fingerprint density at radius 3 is 2.50 bits per heavy atom. The summed E-state index contributed by atoms with van der Waals surface area (Å²) in [5.41, 5.74) is 0. The fourth-order valence-electron chi connectivity index (χ4n) is 0.538. The monoisotopic (exact) mass is 142 g/mol. The van der Waals surface area contributed by atoms with E-state index in [4.69, 9.17) is 9.26 Å². The molecule has 1 aromatic heterocycles. The van der Waals surface area contributed by atoms with Gasteiger partial charge in [0.1, 0.15) is 0 Å². The molecule has 1 aromatic rings. The molecule has 1 heterocycles. The Morgan fingerprint density at radius 1 is 1.50 bits per heavy atom. The Morgan fingerprint density at radius 2 is 2.20 bits per heavy atom. The summed E-state index contributed by atoms with van der Waals surface area (Å²) >= 11 is 0. The molecular weight excluding hydrogens is 132 g/mol. The van der Waals surface area contributed by atoms with Crippen molar-refractivity contribution in [2.75, 3.05) is 7.11 Å². The molecule has 0 radical (unpaired) electrons. The number of hydrogen-bond acceptors (Lipinski definition) is 4. The van der Waals surface area contributed by atoms with E-state index in [1.807, 2.05) is 13.8 Å². The second-order valence-electron chi connectivity index (χ2n) is 2.28. The van der Waals surface area contributed by atoms with Crippen LogP contribution in [0.25, 0.3) is 0 Å². The molecule has 0 N–H and O–H groups in total. The third-order valence-electron chi connectivity index (χ3n) is 1.11. The summed E-state index contributed by atoms with van der Waals surface area (Å²) in [6, 6.07) is 0. The van der Waals surface area contributed by atoms with E-state index in [0.29, 0.717) is 5.82 Å². The molecule has 10 heavy (non-hydrogen) atoms. The van der Waals surface area contributed by atoms with Gasteiger partial charge in [-0.05, 0) is 0 Å². The van der Waals surface area contributed by atoms with Crippen LogP contribution in [0, 0.1) is 0 Å². The molecule has 1 rings (SSSR count).